The first-order valence-corrected chi connectivity index (χ1v) is 5.46. The molecule has 2 nitrogen and oxygen atoms in total. The second-order valence-electron chi connectivity index (χ2n) is 4.88. The van der Waals surface area contributed by atoms with Crippen LogP contribution in [0.25, 0.3) is 0 Å². The van der Waals surface area contributed by atoms with E-state index in [0.29, 0.717) is 5.92 Å². The third-order valence-electron chi connectivity index (χ3n) is 3.66. The Morgan fingerprint density at radius 2 is 1.85 bits per heavy atom. The summed E-state index contributed by atoms with van der Waals surface area (Å²) in [5, 5.41) is 9.83. The molecule has 13 heavy (non-hydrogen) atoms. The standard InChI is InChI=1S/C11H23NO/c1-7-4-5-10(6-8(7)2)11(13)9(3)12/h7-11,13H,4-6,12H2,1-3H3/t7?,8?,9-,10?,11?/m1/s1. The van der Waals surface area contributed by atoms with E-state index in [0.717, 1.165) is 24.7 Å². The number of aliphatic hydroxyl groups excluding tert-OH is 1. The highest BCUT2D eigenvalue weighted by Crippen LogP contribution is 2.35. The average molecular weight is 185 g/mol. The molecule has 1 aliphatic rings. The molecule has 0 spiro atoms. The number of hydrogen-bond donors (Lipinski definition) is 2. The van der Waals surface area contributed by atoms with Gasteiger partial charge in [0.15, 0.2) is 0 Å². The minimum atomic E-state index is -0.296. The zero-order valence-electron chi connectivity index (χ0n) is 9.03. The normalized spacial score (nSPS) is 39.9. The Kier molecular flexibility index (Phi) is 3.74. The first-order valence-electron chi connectivity index (χ1n) is 5.46. The van der Waals surface area contributed by atoms with E-state index in [1.165, 1.54) is 6.42 Å². The molecular formula is C11H23NO. The Labute approximate surface area is 81.5 Å². The van der Waals surface area contributed by atoms with Crippen molar-refractivity contribution in [1.29, 1.82) is 0 Å². The average Bonchev–Trinajstić information content (AvgIpc) is 2.08. The summed E-state index contributed by atoms with van der Waals surface area (Å²) in [6, 6.07) is -0.0781. The Morgan fingerprint density at radius 3 is 2.31 bits per heavy atom. The predicted octanol–water partition coefficient (Wildman–Crippen LogP) is 1.77. The maximum atomic E-state index is 9.83. The van der Waals surface area contributed by atoms with Gasteiger partial charge in [-0.2, -0.15) is 0 Å². The molecule has 0 amide bonds. The molecule has 0 saturated heterocycles. The first kappa shape index (κ1) is 11.0. The van der Waals surface area contributed by atoms with Crippen molar-refractivity contribution in [2.75, 3.05) is 0 Å². The number of rotatable bonds is 2. The summed E-state index contributed by atoms with van der Waals surface area (Å²) in [7, 11) is 0. The van der Waals surface area contributed by atoms with Gasteiger partial charge in [-0.25, -0.2) is 0 Å². The largest absolute Gasteiger partial charge is 0.391 e. The first-order chi connectivity index (χ1) is 6.02. The summed E-state index contributed by atoms with van der Waals surface area (Å²) >= 11 is 0. The monoisotopic (exact) mass is 185 g/mol. The molecule has 78 valence electrons. The van der Waals surface area contributed by atoms with Crippen LogP contribution in [0.3, 0.4) is 0 Å². The molecule has 0 radical (unpaired) electrons. The second kappa shape index (κ2) is 4.43. The molecule has 4 unspecified atom stereocenters. The molecule has 0 heterocycles. The van der Waals surface area contributed by atoms with Gasteiger partial charge in [0, 0.05) is 6.04 Å². The van der Waals surface area contributed by atoms with E-state index in [-0.39, 0.29) is 12.1 Å². The van der Waals surface area contributed by atoms with E-state index in [1.807, 2.05) is 6.92 Å². The fraction of sp³-hybridized carbons (Fsp3) is 1.00. The summed E-state index contributed by atoms with van der Waals surface area (Å²) < 4.78 is 0. The van der Waals surface area contributed by atoms with Crippen LogP contribution in [0.5, 0.6) is 0 Å². The highest BCUT2D eigenvalue weighted by molar-refractivity contribution is 4.83. The van der Waals surface area contributed by atoms with Gasteiger partial charge in [0.1, 0.15) is 0 Å². The van der Waals surface area contributed by atoms with Crippen LogP contribution in [0.2, 0.25) is 0 Å². The van der Waals surface area contributed by atoms with Crippen molar-refractivity contribution in [2.24, 2.45) is 23.5 Å². The lowest BCUT2D eigenvalue weighted by Gasteiger charge is -2.35. The minimum absolute atomic E-state index is 0.0781. The van der Waals surface area contributed by atoms with E-state index in [2.05, 4.69) is 13.8 Å². The molecule has 0 aromatic carbocycles. The molecule has 1 aliphatic carbocycles. The third-order valence-corrected chi connectivity index (χ3v) is 3.66. The number of nitrogens with two attached hydrogens (primary N) is 1. The van der Waals surface area contributed by atoms with E-state index in [9.17, 15) is 5.11 Å². The summed E-state index contributed by atoms with van der Waals surface area (Å²) in [6.45, 7) is 6.48. The Morgan fingerprint density at radius 1 is 1.23 bits per heavy atom. The Hall–Kier alpha value is -0.0800. The van der Waals surface area contributed by atoms with E-state index >= 15 is 0 Å². The predicted molar refractivity (Wildman–Crippen MR) is 55.3 cm³/mol. The van der Waals surface area contributed by atoms with Gasteiger partial charge >= 0.3 is 0 Å². The highest BCUT2D eigenvalue weighted by atomic mass is 16.3. The second-order valence-corrected chi connectivity index (χ2v) is 4.88. The fourth-order valence-electron chi connectivity index (χ4n) is 2.33. The molecule has 0 bridgehead atoms. The maximum absolute atomic E-state index is 9.83. The molecule has 1 fully saturated rings. The third kappa shape index (κ3) is 2.68. The van der Waals surface area contributed by atoms with Gasteiger partial charge in [-0.3, -0.25) is 0 Å². The van der Waals surface area contributed by atoms with Crippen LogP contribution in [0.15, 0.2) is 0 Å². The van der Waals surface area contributed by atoms with Gasteiger partial charge in [-0.05, 0) is 37.5 Å². The summed E-state index contributed by atoms with van der Waals surface area (Å²) in [5.74, 6) is 2.00. The van der Waals surface area contributed by atoms with Crippen molar-refractivity contribution in [2.45, 2.75) is 52.2 Å². The smallest absolute Gasteiger partial charge is 0.0716 e. The van der Waals surface area contributed by atoms with Gasteiger partial charge in [-0.1, -0.05) is 20.3 Å². The van der Waals surface area contributed by atoms with Crippen molar-refractivity contribution < 1.29 is 5.11 Å². The number of hydrogen-bond acceptors (Lipinski definition) is 2. The van der Waals surface area contributed by atoms with Crippen LogP contribution in [0.4, 0.5) is 0 Å². The molecule has 1 rings (SSSR count). The molecule has 3 N–H and O–H groups in total. The molecular weight excluding hydrogens is 162 g/mol. The van der Waals surface area contributed by atoms with Gasteiger partial charge < -0.3 is 10.8 Å². The van der Waals surface area contributed by atoms with Gasteiger partial charge in [-0.15, -0.1) is 0 Å². The van der Waals surface area contributed by atoms with E-state index in [1.54, 1.807) is 0 Å². The molecule has 0 aliphatic heterocycles. The molecule has 0 aromatic rings. The van der Waals surface area contributed by atoms with Crippen molar-refractivity contribution >= 4 is 0 Å². The van der Waals surface area contributed by atoms with Crippen LogP contribution in [0.1, 0.15) is 40.0 Å². The summed E-state index contributed by atoms with van der Waals surface area (Å²) in [6.07, 6.45) is 3.24. The lowest BCUT2D eigenvalue weighted by Crippen LogP contribution is -2.40. The van der Waals surface area contributed by atoms with Crippen LogP contribution in [-0.2, 0) is 0 Å². The van der Waals surface area contributed by atoms with Crippen molar-refractivity contribution in [3.05, 3.63) is 0 Å². The topological polar surface area (TPSA) is 46.2 Å². The Balaban J connectivity index is 2.45. The SMILES string of the molecule is CC1CCC(C(O)[C@@H](C)N)CC1C. The summed E-state index contributed by atoms with van der Waals surface area (Å²) in [4.78, 5) is 0. The van der Waals surface area contributed by atoms with Crippen LogP contribution < -0.4 is 5.73 Å². The van der Waals surface area contributed by atoms with Crippen LogP contribution in [-0.4, -0.2) is 17.3 Å². The molecule has 2 heteroatoms. The van der Waals surface area contributed by atoms with E-state index < -0.39 is 0 Å². The molecule has 5 atom stereocenters. The van der Waals surface area contributed by atoms with Gasteiger partial charge in [0.05, 0.1) is 6.10 Å². The summed E-state index contributed by atoms with van der Waals surface area (Å²) in [5.41, 5.74) is 5.70. The van der Waals surface area contributed by atoms with Crippen molar-refractivity contribution in [3.8, 4) is 0 Å². The zero-order valence-corrected chi connectivity index (χ0v) is 9.03. The van der Waals surface area contributed by atoms with Gasteiger partial charge in [0.25, 0.3) is 0 Å². The van der Waals surface area contributed by atoms with Crippen LogP contribution in [0, 0.1) is 17.8 Å². The lowest BCUT2D eigenvalue weighted by atomic mass is 9.73. The molecule has 0 aromatic heterocycles. The minimum Gasteiger partial charge on any atom is -0.391 e. The maximum Gasteiger partial charge on any atom is 0.0716 e. The van der Waals surface area contributed by atoms with Crippen molar-refractivity contribution in [3.63, 3.8) is 0 Å². The van der Waals surface area contributed by atoms with Gasteiger partial charge in [0.2, 0.25) is 0 Å². The van der Waals surface area contributed by atoms with E-state index in [4.69, 9.17) is 5.73 Å². The van der Waals surface area contributed by atoms with Crippen LogP contribution >= 0.6 is 0 Å². The van der Waals surface area contributed by atoms with Crippen molar-refractivity contribution in [1.82, 2.24) is 0 Å². The molecule has 1 saturated carbocycles. The Bertz CT molecular complexity index is 158. The zero-order chi connectivity index (χ0) is 10.0. The fourth-order valence-corrected chi connectivity index (χ4v) is 2.33. The highest BCUT2D eigenvalue weighted by Gasteiger charge is 2.30. The number of aliphatic hydroxyl groups is 1. The lowest BCUT2D eigenvalue weighted by molar-refractivity contribution is 0.0425. The quantitative estimate of drug-likeness (QED) is 0.688.